The minimum absolute atomic E-state index is 0.0505. The molecule has 0 aliphatic heterocycles. The Hall–Kier alpha value is -1.19. The van der Waals surface area contributed by atoms with E-state index in [0.29, 0.717) is 16.3 Å². The second-order valence-electron chi connectivity index (χ2n) is 3.16. The van der Waals surface area contributed by atoms with Crippen molar-refractivity contribution in [3.8, 4) is 0 Å². The monoisotopic (exact) mass is 237 g/mol. The van der Waals surface area contributed by atoms with Gasteiger partial charge in [0.25, 0.3) is 0 Å². The van der Waals surface area contributed by atoms with Crippen LogP contribution in [0.3, 0.4) is 0 Å². The van der Waals surface area contributed by atoms with Crippen molar-refractivity contribution in [1.82, 2.24) is 4.98 Å². The molecule has 0 fully saturated rings. The largest absolute Gasteiger partial charge is 0.287 e. The van der Waals surface area contributed by atoms with Crippen molar-refractivity contribution in [2.75, 3.05) is 0 Å². The summed E-state index contributed by atoms with van der Waals surface area (Å²) >= 11 is 7.24. The van der Waals surface area contributed by atoms with Crippen molar-refractivity contribution in [2.24, 2.45) is 0 Å². The molecule has 0 saturated carbocycles. The van der Waals surface area contributed by atoms with Gasteiger partial charge in [-0.05, 0) is 30.7 Å². The number of carbonyl (C=O) groups is 1. The first-order valence-corrected chi connectivity index (χ1v) is 5.69. The summed E-state index contributed by atoms with van der Waals surface area (Å²) in [7, 11) is 0. The first-order chi connectivity index (χ1) is 7.18. The Morgan fingerprint density at radius 1 is 1.47 bits per heavy atom. The molecule has 1 heterocycles. The molecule has 0 aliphatic rings. The van der Waals surface area contributed by atoms with Crippen LogP contribution in [0.1, 0.15) is 21.6 Å². The number of thiazole rings is 1. The van der Waals surface area contributed by atoms with Crippen LogP contribution in [0, 0.1) is 6.92 Å². The van der Waals surface area contributed by atoms with Crippen LogP contribution in [-0.2, 0) is 0 Å². The number of aryl methyl sites for hydroxylation is 1. The maximum atomic E-state index is 11.9. The fraction of sp³-hybridized carbons (Fsp3) is 0.0909. The van der Waals surface area contributed by atoms with Crippen LogP contribution in [0.4, 0.5) is 0 Å². The number of nitrogens with zero attached hydrogens (tertiary/aromatic N) is 1. The molecule has 15 heavy (non-hydrogen) atoms. The lowest BCUT2D eigenvalue weighted by atomic mass is 10.0. The molecule has 4 heteroatoms. The molecule has 1 aromatic heterocycles. The molecule has 2 aromatic rings. The van der Waals surface area contributed by atoms with Gasteiger partial charge in [-0.3, -0.25) is 4.79 Å². The van der Waals surface area contributed by atoms with E-state index < -0.39 is 0 Å². The molecular formula is C11H8ClNOS. The summed E-state index contributed by atoms with van der Waals surface area (Å²) < 4.78 is 0. The summed E-state index contributed by atoms with van der Waals surface area (Å²) in [6, 6.07) is 5.23. The number of hydrogen-bond acceptors (Lipinski definition) is 3. The molecule has 0 spiro atoms. The third-order valence-electron chi connectivity index (χ3n) is 2.10. The van der Waals surface area contributed by atoms with E-state index >= 15 is 0 Å². The number of carbonyl (C=O) groups excluding carboxylic acids is 1. The van der Waals surface area contributed by atoms with Crippen LogP contribution in [0.5, 0.6) is 0 Å². The van der Waals surface area contributed by atoms with Gasteiger partial charge in [-0.25, -0.2) is 4.98 Å². The second-order valence-corrected chi connectivity index (χ2v) is 4.32. The molecule has 0 radical (unpaired) electrons. The first kappa shape index (κ1) is 10.3. The van der Waals surface area contributed by atoms with Gasteiger partial charge in [0.1, 0.15) is 5.69 Å². The van der Waals surface area contributed by atoms with Gasteiger partial charge in [-0.15, -0.1) is 11.3 Å². The van der Waals surface area contributed by atoms with Gasteiger partial charge in [-0.1, -0.05) is 11.6 Å². The second kappa shape index (κ2) is 4.13. The molecule has 0 amide bonds. The Bertz CT molecular complexity index is 493. The molecule has 1 aromatic carbocycles. The molecular weight excluding hydrogens is 230 g/mol. The van der Waals surface area contributed by atoms with Gasteiger partial charge in [0, 0.05) is 16.0 Å². The van der Waals surface area contributed by atoms with Crippen LogP contribution < -0.4 is 0 Å². The van der Waals surface area contributed by atoms with Gasteiger partial charge in [-0.2, -0.15) is 0 Å². The molecule has 0 unspecified atom stereocenters. The fourth-order valence-corrected chi connectivity index (χ4v) is 2.10. The highest BCUT2D eigenvalue weighted by molar-refractivity contribution is 7.07. The van der Waals surface area contributed by atoms with Crippen molar-refractivity contribution in [3.05, 3.63) is 50.9 Å². The third-order valence-corrected chi connectivity index (χ3v) is 2.92. The third kappa shape index (κ3) is 2.08. The zero-order chi connectivity index (χ0) is 10.8. The van der Waals surface area contributed by atoms with Crippen LogP contribution in [-0.4, -0.2) is 10.8 Å². The van der Waals surface area contributed by atoms with Gasteiger partial charge in [0.2, 0.25) is 5.78 Å². The average Bonchev–Trinajstić information content (AvgIpc) is 2.69. The number of aromatic nitrogens is 1. The zero-order valence-electron chi connectivity index (χ0n) is 8.03. The van der Waals surface area contributed by atoms with Gasteiger partial charge >= 0.3 is 0 Å². The molecule has 0 N–H and O–H groups in total. The smallest absolute Gasteiger partial charge is 0.212 e. The van der Waals surface area contributed by atoms with E-state index in [1.54, 1.807) is 29.1 Å². The van der Waals surface area contributed by atoms with Crippen LogP contribution >= 0.6 is 22.9 Å². The van der Waals surface area contributed by atoms with Crippen molar-refractivity contribution >= 4 is 28.7 Å². The van der Waals surface area contributed by atoms with Gasteiger partial charge in [0.15, 0.2) is 0 Å². The summed E-state index contributed by atoms with van der Waals surface area (Å²) in [6.45, 7) is 1.87. The minimum Gasteiger partial charge on any atom is -0.287 e. The summed E-state index contributed by atoms with van der Waals surface area (Å²) in [6.07, 6.45) is 0. The number of halogens is 1. The number of rotatable bonds is 2. The Labute approximate surface area is 96.5 Å². The van der Waals surface area contributed by atoms with E-state index in [2.05, 4.69) is 4.98 Å². The molecule has 0 bridgehead atoms. The Morgan fingerprint density at radius 2 is 2.27 bits per heavy atom. The van der Waals surface area contributed by atoms with Crippen LogP contribution in [0.15, 0.2) is 29.1 Å². The molecule has 2 rings (SSSR count). The molecule has 0 atom stereocenters. The first-order valence-electron chi connectivity index (χ1n) is 4.37. The quantitative estimate of drug-likeness (QED) is 0.750. The molecule has 2 nitrogen and oxygen atoms in total. The van der Waals surface area contributed by atoms with E-state index in [1.807, 2.05) is 6.92 Å². The van der Waals surface area contributed by atoms with Crippen molar-refractivity contribution in [3.63, 3.8) is 0 Å². The fourth-order valence-electron chi connectivity index (χ4n) is 1.34. The predicted molar refractivity (Wildman–Crippen MR) is 61.7 cm³/mol. The lowest BCUT2D eigenvalue weighted by molar-refractivity contribution is 0.103. The van der Waals surface area contributed by atoms with Gasteiger partial charge in [0.05, 0.1) is 5.51 Å². The standard InChI is InChI=1S/C11H8ClNOS/c1-7-4-8(12)2-3-9(7)11(14)10-5-15-6-13-10/h2-6H,1H3. The van der Waals surface area contributed by atoms with E-state index in [9.17, 15) is 4.79 Å². The van der Waals surface area contributed by atoms with Crippen LogP contribution in [0.2, 0.25) is 5.02 Å². The number of ketones is 1. The summed E-state index contributed by atoms with van der Waals surface area (Å²) in [4.78, 5) is 15.9. The maximum absolute atomic E-state index is 11.9. The minimum atomic E-state index is -0.0505. The lowest BCUT2D eigenvalue weighted by Gasteiger charge is -2.02. The van der Waals surface area contributed by atoms with Crippen LogP contribution in [0.25, 0.3) is 0 Å². The number of benzene rings is 1. The molecule has 0 saturated heterocycles. The highest BCUT2D eigenvalue weighted by atomic mass is 35.5. The average molecular weight is 238 g/mol. The van der Waals surface area contributed by atoms with E-state index in [1.165, 1.54) is 11.3 Å². The van der Waals surface area contributed by atoms with Crippen molar-refractivity contribution in [1.29, 1.82) is 0 Å². The predicted octanol–water partition coefficient (Wildman–Crippen LogP) is 3.34. The lowest BCUT2D eigenvalue weighted by Crippen LogP contribution is -2.03. The van der Waals surface area contributed by atoms with Crippen molar-refractivity contribution < 1.29 is 4.79 Å². The van der Waals surface area contributed by atoms with E-state index in [4.69, 9.17) is 11.6 Å². The summed E-state index contributed by atoms with van der Waals surface area (Å²) in [5.74, 6) is -0.0505. The topological polar surface area (TPSA) is 30.0 Å². The zero-order valence-corrected chi connectivity index (χ0v) is 9.60. The summed E-state index contributed by atoms with van der Waals surface area (Å²) in [5, 5.41) is 2.39. The van der Waals surface area contributed by atoms with Gasteiger partial charge < -0.3 is 0 Å². The number of hydrogen-bond donors (Lipinski definition) is 0. The maximum Gasteiger partial charge on any atom is 0.212 e. The molecule has 0 aliphatic carbocycles. The van der Waals surface area contributed by atoms with E-state index in [-0.39, 0.29) is 5.78 Å². The Kier molecular flexibility index (Phi) is 2.84. The Morgan fingerprint density at radius 3 is 2.87 bits per heavy atom. The van der Waals surface area contributed by atoms with E-state index in [0.717, 1.165) is 5.56 Å². The SMILES string of the molecule is Cc1cc(Cl)ccc1C(=O)c1cscn1. The molecule has 76 valence electrons. The highest BCUT2D eigenvalue weighted by Gasteiger charge is 2.13. The van der Waals surface area contributed by atoms with Crippen molar-refractivity contribution in [2.45, 2.75) is 6.92 Å². The summed E-state index contributed by atoms with van der Waals surface area (Å²) in [5.41, 5.74) is 3.68. The normalized spacial score (nSPS) is 10.3. The highest BCUT2D eigenvalue weighted by Crippen LogP contribution is 2.18. The Balaban J connectivity index is 2.42.